The van der Waals surface area contributed by atoms with Gasteiger partial charge in [0.1, 0.15) is 5.76 Å². The van der Waals surface area contributed by atoms with Gasteiger partial charge in [-0.1, -0.05) is 53.8 Å². The number of carbonyl (C=O) groups excluding carboxylic acids is 1. The van der Waals surface area contributed by atoms with Crippen molar-refractivity contribution >= 4 is 11.5 Å². The first-order chi connectivity index (χ1) is 9.08. The van der Waals surface area contributed by atoms with E-state index in [1.807, 2.05) is 6.07 Å². The van der Waals surface area contributed by atoms with E-state index in [0.717, 1.165) is 11.6 Å². The maximum Gasteiger partial charge on any atom is 0.188 e. The molecule has 0 aromatic heterocycles. The monoisotopic (exact) mass is 253 g/mol. The molecule has 0 saturated heterocycles. The van der Waals surface area contributed by atoms with Crippen molar-refractivity contribution in [2.24, 2.45) is 0 Å². The Bertz CT molecular complexity index is 628. The lowest BCUT2D eigenvalue weighted by molar-refractivity contribution is -0.268. The normalized spacial score (nSPS) is 11.3. The van der Waals surface area contributed by atoms with Crippen molar-refractivity contribution in [3.05, 3.63) is 71.3 Å². The number of aryl methyl sites for hydroxylation is 1. The molecule has 96 valence electrons. The van der Waals surface area contributed by atoms with Crippen molar-refractivity contribution in [1.82, 2.24) is 0 Å². The number of carbonyl (C=O) groups is 1. The summed E-state index contributed by atoms with van der Waals surface area (Å²) in [4.78, 5) is 12.0. The Morgan fingerprint density at radius 2 is 1.84 bits per heavy atom. The van der Waals surface area contributed by atoms with Crippen LogP contribution in [0.15, 0.2) is 54.6 Å². The highest BCUT2D eigenvalue weighted by Crippen LogP contribution is 2.18. The van der Waals surface area contributed by atoms with Gasteiger partial charge in [-0.05, 0) is 13.0 Å². The highest BCUT2D eigenvalue weighted by atomic mass is 16.3. The highest BCUT2D eigenvalue weighted by molar-refractivity contribution is 6.09. The van der Waals surface area contributed by atoms with Crippen LogP contribution in [-0.4, -0.2) is 10.9 Å². The molecule has 0 radical (unpaired) electrons. The van der Waals surface area contributed by atoms with Crippen LogP contribution in [0.4, 0.5) is 0 Å². The summed E-state index contributed by atoms with van der Waals surface area (Å²) in [5.41, 5.74) is 1.44. The molecule has 0 fully saturated rings. The number of benzene rings is 2. The first-order valence-corrected chi connectivity index (χ1v) is 5.86. The largest absolute Gasteiger partial charge is 0.872 e. The fourth-order valence-corrected chi connectivity index (χ4v) is 1.73. The number of ketones is 1. The van der Waals surface area contributed by atoms with Gasteiger partial charge in [0, 0.05) is 17.2 Å². The van der Waals surface area contributed by atoms with Crippen LogP contribution in [0.2, 0.25) is 0 Å². The lowest BCUT2D eigenvalue weighted by atomic mass is 10.0. The molecule has 0 heterocycles. The van der Waals surface area contributed by atoms with Crippen LogP contribution in [0.3, 0.4) is 0 Å². The van der Waals surface area contributed by atoms with Crippen LogP contribution in [0.25, 0.3) is 5.76 Å². The van der Waals surface area contributed by atoms with Gasteiger partial charge < -0.3 is 10.2 Å². The molecule has 2 aromatic carbocycles. The summed E-state index contributed by atoms with van der Waals surface area (Å²) in [6.45, 7) is 1.80. The molecule has 0 atom stereocenters. The van der Waals surface area contributed by atoms with Crippen LogP contribution in [0.1, 0.15) is 21.5 Å². The second kappa shape index (κ2) is 5.40. The third-order valence-corrected chi connectivity index (χ3v) is 2.74. The number of aliphatic hydroxyl groups excluding tert-OH is 1. The standard InChI is InChI=1S/C16H14O3/c1-11-7-8-14(17)13(9-11)16(19)10-15(18)12-5-3-2-4-6-12/h2-10,17-18H,1H3/p-1. The van der Waals surface area contributed by atoms with E-state index in [-0.39, 0.29) is 17.1 Å². The van der Waals surface area contributed by atoms with Gasteiger partial charge in [-0.3, -0.25) is 4.79 Å². The molecule has 1 N–H and O–H groups in total. The minimum absolute atomic E-state index is 0.0717. The van der Waals surface area contributed by atoms with Crippen LogP contribution < -0.4 is 5.11 Å². The number of aliphatic hydroxyl groups is 1. The van der Waals surface area contributed by atoms with E-state index in [1.165, 1.54) is 12.1 Å². The Morgan fingerprint density at radius 3 is 2.53 bits per heavy atom. The first kappa shape index (κ1) is 12.9. The van der Waals surface area contributed by atoms with Crippen LogP contribution >= 0.6 is 0 Å². The van der Waals surface area contributed by atoms with Crippen molar-refractivity contribution < 1.29 is 15.0 Å². The highest BCUT2D eigenvalue weighted by Gasteiger charge is 2.07. The van der Waals surface area contributed by atoms with Gasteiger partial charge >= 0.3 is 0 Å². The summed E-state index contributed by atoms with van der Waals surface area (Å²) in [5, 5.41) is 21.4. The van der Waals surface area contributed by atoms with E-state index in [9.17, 15) is 15.0 Å². The fraction of sp³-hybridized carbons (Fsp3) is 0.0625. The van der Waals surface area contributed by atoms with Crippen molar-refractivity contribution in [3.8, 4) is 5.75 Å². The summed E-state index contributed by atoms with van der Waals surface area (Å²) in [5.74, 6) is -0.978. The molecule has 0 saturated carbocycles. The molecular formula is C16H13O3-. The Kier molecular flexibility index (Phi) is 3.66. The molecule has 3 heteroatoms. The molecule has 0 aliphatic carbocycles. The van der Waals surface area contributed by atoms with E-state index in [0.29, 0.717) is 5.56 Å². The molecular weight excluding hydrogens is 240 g/mol. The van der Waals surface area contributed by atoms with Gasteiger partial charge in [-0.2, -0.15) is 0 Å². The maximum absolute atomic E-state index is 12.0. The zero-order valence-corrected chi connectivity index (χ0v) is 10.5. The average Bonchev–Trinajstić information content (AvgIpc) is 2.42. The van der Waals surface area contributed by atoms with Crippen molar-refractivity contribution in [2.45, 2.75) is 6.92 Å². The number of allylic oxidation sites excluding steroid dienone is 1. The van der Waals surface area contributed by atoms with Gasteiger partial charge in [-0.25, -0.2) is 0 Å². The van der Waals surface area contributed by atoms with Crippen LogP contribution in [0.5, 0.6) is 5.75 Å². The summed E-state index contributed by atoms with van der Waals surface area (Å²) in [6.07, 6.45) is 1.07. The topological polar surface area (TPSA) is 60.4 Å². The van der Waals surface area contributed by atoms with E-state index in [4.69, 9.17) is 0 Å². The summed E-state index contributed by atoms with van der Waals surface area (Å²) in [6, 6.07) is 13.2. The van der Waals surface area contributed by atoms with Gasteiger partial charge in [0.15, 0.2) is 5.78 Å². The number of hydrogen-bond donors (Lipinski definition) is 1. The molecule has 0 amide bonds. The third kappa shape index (κ3) is 3.01. The Morgan fingerprint density at radius 1 is 1.16 bits per heavy atom. The van der Waals surface area contributed by atoms with Crippen LogP contribution in [0, 0.1) is 6.92 Å². The van der Waals surface area contributed by atoms with E-state index < -0.39 is 5.78 Å². The molecule has 0 spiro atoms. The Labute approximate surface area is 111 Å². The zero-order chi connectivity index (χ0) is 13.8. The van der Waals surface area contributed by atoms with Crippen molar-refractivity contribution in [3.63, 3.8) is 0 Å². The second-order valence-corrected chi connectivity index (χ2v) is 4.26. The van der Waals surface area contributed by atoms with E-state index in [2.05, 4.69) is 0 Å². The van der Waals surface area contributed by atoms with E-state index in [1.54, 1.807) is 37.3 Å². The van der Waals surface area contributed by atoms with Crippen molar-refractivity contribution in [1.29, 1.82) is 0 Å². The smallest absolute Gasteiger partial charge is 0.188 e. The maximum atomic E-state index is 12.0. The first-order valence-electron chi connectivity index (χ1n) is 5.86. The molecule has 2 rings (SSSR count). The van der Waals surface area contributed by atoms with Crippen molar-refractivity contribution in [2.75, 3.05) is 0 Å². The quantitative estimate of drug-likeness (QED) is 0.520. The lowest BCUT2D eigenvalue weighted by Gasteiger charge is -2.11. The number of rotatable bonds is 3. The predicted octanol–water partition coefficient (Wildman–Crippen LogP) is 2.85. The van der Waals surface area contributed by atoms with Gasteiger partial charge in [0.05, 0.1) is 0 Å². The Hall–Kier alpha value is -2.55. The predicted molar refractivity (Wildman–Crippen MR) is 72.0 cm³/mol. The SMILES string of the molecule is Cc1ccc([O-])c(C(=O)C=C(O)c2ccccc2)c1. The van der Waals surface area contributed by atoms with Gasteiger partial charge in [0.25, 0.3) is 0 Å². The fourth-order valence-electron chi connectivity index (χ4n) is 1.73. The summed E-state index contributed by atoms with van der Waals surface area (Å²) in [7, 11) is 0. The van der Waals surface area contributed by atoms with Gasteiger partial charge in [-0.15, -0.1) is 0 Å². The number of hydrogen-bond acceptors (Lipinski definition) is 3. The molecule has 19 heavy (non-hydrogen) atoms. The molecule has 3 nitrogen and oxygen atoms in total. The van der Waals surface area contributed by atoms with Crippen LogP contribution in [-0.2, 0) is 0 Å². The minimum Gasteiger partial charge on any atom is -0.872 e. The average molecular weight is 253 g/mol. The summed E-state index contributed by atoms with van der Waals surface area (Å²) < 4.78 is 0. The summed E-state index contributed by atoms with van der Waals surface area (Å²) >= 11 is 0. The minimum atomic E-state index is -0.491. The lowest BCUT2D eigenvalue weighted by Crippen LogP contribution is -2.03. The molecule has 0 unspecified atom stereocenters. The molecule has 2 aromatic rings. The molecule has 0 bridgehead atoms. The van der Waals surface area contributed by atoms with E-state index >= 15 is 0 Å². The molecule has 0 aliphatic rings. The zero-order valence-electron chi connectivity index (χ0n) is 10.5. The second-order valence-electron chi connectivity index (χ2n) is 4.26. The Balaban J connectivity index is 2.33. The molecule has 0 aliphatic heterocycles. The van der Waals surface area contributed by atoms with Gasteiger partial charge in [0.2, 0.25) is 0 Å². The third-order valence-electron chi connectivity index (χ3n) is 2.74.